The van der Waals surface area contributed by atoms with Crippen LogP contribution in [0.15, 0.2) is 35.7 Å². The van der Waals surface area contributed by atoms with Crippen LogP contribution < -0.4 is 0 Å². The highest BCUT2D eigenvalue weighted by Crippen LogP contribution is 2.23. The molecular formula is C19H26ClN3OS. The van der Waals surface area contributed by atoms with Gasteiger partial charge in [-0.05, 0) is 18.9 Å². The Morgan fingerprint density at radius 3 is 2.44 bits per heavy atom. The van der Waals surface area contributed by atoms with Crippen LogP contribution in [0.3, 0.4) is 0 Å². The second-order valence-corrected chi connectivity index (χ2v) is 7.30. The highest BCUT2D eigenvalue weighted by molar-refractivity contribution is 7.09. The summed E-state index contributed by atoms with van der Waals surface area (Å²) in [4.78, 5) is 21.9. The van der Waals surface area contributed by atoms with E-state index in [0.717, 1.165) is 50.4 Å². The Bertz CT molecular complexity index is 668. The fourth-order valence-electron chi connectivity index (χ4n) is 3.25. The molecular weight excluding hydrogens is 354 g/mol. The minimum absolute atomic E-state index is 0. The third-order valence-corrected chi connectivity index (χ3v) is 5.57. The van der Waals surface area contributed by atoms with E-state index in [4.69, 9.17) is 0 Å². The molecule has 1 saturated heterocycles. The molecule has 0 aliphatic carbocycles. The van der Waals surface area contributed by atoms with Gasteiger partial charge in [0.15, 0.2) is 0 Å². The normalized spacial score (nSPS) is 16.3. The number of hydrogen-bond acceptors (Lipinski definition) is 4. The van der Waals surface area contributed by atoms with E-state index < -0.39 is 0 Å². The quantitative estimate of drug-likeness (QED) is 0.794. The zero-order valence-corrected chi connectivity index (χ0v) is 16.5. The van der Waals surface area contributed by atoms with E-state index in [9.17, 15) is 4.79 Å². The molecule has 4 nitrogen and oxygen atoms in total. The molecule has 3 rings (SSSR count). The Labute approximate surface area is 160 Å². The summed E-state index contributed by atoms with van der Waals surface area (Å²) in [6, 6.07) is 10.2. The minimum Gasteiger partial charge on any atom is -0.340 e. The molecule has 1 aliphatic rings. The number of hydrogen-bond donors (Lipinski definition) is 0. The average molecular weight is 380 g/mol. The number of benzene rings is 1. The van der Waals surface area contributed by atoms with Gasteiger partial charge in [0.25, 0.3) is 0 Å². The second-order valence-electron chi connectivity index (χ2n) is 6.36. The standard InChI is InChI=1S/C19H25N3OS.ClH/c1-3-17(16-7-5-4-6-8-16)19(23)22-11-9-21(10-12-22)13-18-20-15(2)14-24-18;/h4-8,14,17H,3,9-13H2,1-2H3;1H. The third kappa shape index (κ3) is 5.03. The molecule has 0 saturated carbocycles. The van der Waals surface area contributed by atoms with E-state index in [1.165, 1.54) is 5.01 Å². The summed E-state index contributed by atoms with van der Waals surface area (Å²) >= 11 is 1.72. The summed E-state index contributed by atoms with van der Waals surface area (Å²) in [5, 5.41) is 3.27. The van der Waals surface area contributed by atoms with Crippen LogP contribution in [0.2, 0.25) is 0 Å². The molecule has 1 atom stereocenters. The van der Waals surface area contributed by atoms with Gasteiger partial charge >= 0.3 is 0 Å². The van der Waals surface area contributed by atoms with Crippen LogP contribution in [-0.2, 0) is 11.3 Å². The highest BCUT2D eigenvalue weighted by atomic mass is 35.5. The number of amides is 1. The molecule has 1 aromatic carbocycles. The molecule has 6 heteroatoms. The first kappa shape index (κ1) is 19.9. The predicted octanol–water partition coefficient (Wildman–Crippen LogP) is 3.71. The fraction of sp³-hybridized carbons (Fsp3) is 0.474. The SMILES string of the molecule is CCC(C(=O)N1CCN(Cc2nc(C)cs2)CC1)c1ccccc1.Cl. The van der Waals surface area contributed by atoms with Gasteiger partial charge in [-0.1, -0.05) is 37.3 Å². The first-order valence-electron chi connectivity index (χ1n) is 8.64. The van der Waals surface area contributed by atoms with Gasteiger partial charge in [0.2, 0.25) is 5.91 Å². The number of carbonyl (C=O) groups excluding carboxylic acids is 1. The molecule has 2 aromatic rings. The zero-order valence-electron chi connectivity index (χ0n) is 14.9. The van der Waals surface area contributed by atoms with Gasteiger partial charge in [0.05, 0.1) is 12.5 Å². The Hall–Kier alpha value is -1.43. The molecule has 0 radical (unpaired) electrons. The average Bonchev–Trinajstić information content (AvgIpc) is 3.02. The van der Waals surface area contributed by atoms with Crippen molar-refractivity contribution in [2.24, 2.45) is 0 Å². The molecule has 2 heterocycles. The maximum atomic E-state index is 12.9. The maximum Gasteiger partial charge on any atom is 0.230 e. The molecule has 136 valence electrons. The van der Waals surface area contributed by atoms with Gasteiger partial charge in [0, 0.05) is 37.3 Å². The molecule has 1 aromatic heterocycles. The van der Waals surface area contributed by atoms with Gasteiger partial charge < -0.3 is 4.90 Å². The van der Waals surface area contributed by atoms with Gasteiger partial charge in [-0.15, -0.1) is 23.7 Å². The number of carbonyl (C=O) groups is 1. The monoisotopic (exact) mass is 379 g/mol. The van der Waals surface area contributed by atoms with E-state index in [1.54, 1.807) is 11.3 Å². The van der Waals surface area contributed by atoms with E-state index in [-0.39, 0.29) is 24.2 Å². The van der Waals surface area contributed by atoms with Crippen LogP contribution in [-0.4, -0.2) is 46.9 Å². The van der Waals surface area contributed by atoms with Crippen molar-refractivity contribution in [1.29, 1.82) is 0 Å². The molecule has 0 bridgehead atoms. The van der Waals surface area contributed by atoms with Crippen LogP contribution >= 0.6 is 23.7 Å². The minimum atomic E-state index is -0.0145. The first-order chi connectivity index (χ1) is 11.7. The summed E-state index contributed by atoms with van der Waals surface area (Å²) < 4.78 is 0. The molecule has 1 unspecified atom stereocenters. The number of aromatic nitrogens is 1. The number of piperazine rings is 1. The lowest BCUT2D eigenvalue weighted by molar-refractivity contribution is -0.134. The van der Waals surface area contributed by atoms with E-state index >= 15 is 0 Å². The van der Waals surface area contributed by atoms with Crippen molar-refractivity contribution in [2.75, 3.05) is 26.2 Å². The Balaban J connectivity index is 0.00000225. The van der Waals surface area contributed by atoms with Gasteiger partial charge in [-0.3, -0.25) is 9.69 Å². The lowest BCUT2D eigenvalue weighted by Crippen LogP contribution is -2.49. The van der Waals surface area contributed by atoms with Gasteiger partial charge in [-0.2, -0.15) is 0 Å². The highest BCUT2D eigenvalue weighted by Gasteiger charge is 2.27. The summed E-state index contributed by atoms with van der Waals surface area (Å²) in [6.45, 7) is 8.50. The van der Waals surface area contributed by atoms with Crippen LogP contribution in [0.25, 0.3) is 0 Å². The molecule has 25 heavy (non-hydrogen) atoms. The largest absolute Gasteiger partial charge is 0.340 e. The molecule has 1 amide bonds. The number of halogens is 1. The summed E-state index contributed by atoms with van der Waals surface area (Å²) in [6.07, 6.45) is 0.849. The number of rotatable bonds is 5. The lowest BCUT2D eigenvalue weighted by Gasteiger charge is -2.36. The third-order valence-electron chi connectivity index (χ3n) is 4.62. The first-order valence-corrected chi connectivity index (χ1v) is 9.52. The number of nitrogens with zero attached hydrogens (tertiary/aromatic N) is 3. The summed E-state index contributed by atoms with van der Waals surface area (Å²) in [5.74, 6) is 0.257. The predicted molar refractivity (Wildman–Crippen MR) is 105 cm³/mol. The van der Waals surface area contributed by atoms with Crippen molar-refractivity contribution in [3.63, 3.8) is 0 Å². The molecule has 0 spiro atoms. The Morgan fingerprint density at radius 2 is 1.88 bits per heavy atom. The van der Waals surface area contributed by atoms with Crippen LogP contribution in [0.4, 0.5) is 0 Å². The Kier molecular flexibility index (Phi) is 7.41. The number of aryl methyl sites for hydroxylation is 1. The fourth-order valence-corrected chi connectivity index (χ4v) is 4.06. The molecule has 1 fully saturated rings. The van der Waals surface area contributed by atoms with Crippen molar-refractivity contribution >= 4 is 29.7 Å². The van der Waals surface area contributed by atoms with Crippen LogP contribution in [0, 0.1) is 6.92 Å². The van der Waals surface area contributed by atoms with Crippen LogP contribution in [0.5, 0.6) is 0 Å². The van der Waals surface area contributed by atoms with Crippen molar-refractivity contribution in [3.05, 3.63) is 52.0 Å². The summed E-state index contributed by atoms with van der Waals surface area (Å²) in [5.41, 5.74) is 2.23. The zero-order chi connectivity index (χ0) is 16.9. The topological polar surface area (TPSA) is 36.4 Å². The van der Waals surface area contributed by atoms with Crippen molar-refractivity contribution in [1.82, 2.24) is 14.8 Å². The van der Waals surface area contributed by atoms with Gasteiger partial charge in [-0.25, -0.2) is 4.98 Å². The van der Waals surface area contributed by atoms with Crippen molar-refractivity contribution in [3.8, 4) is 0 Å². The van der Waals surface area contributed by atoms with Crippen molar-refractivity contribution < 1.29 is 4.79 Å². The molecule has 1 aliphatic heterocycles. The number of thiazole rings is 1. The Morgan fingerprint density at radius 1 is 1.20 bits per heavy atom. The van der Waals surface area contributed by atoms with Gasteiger partial charge in [0.1, 0.15) is 5.01 Å². The lowest BCUT2D eigenvalue weighted by atomic mass is 9.95. The second kappa shape index (κ2) is 9.32. The van der Waals surface area contributed by atoms with E-state index in [1.807, 2.05) is 30.0 Å². The smallest absolute Gasteiger partial charge is 0.230 e. The van der Waals surface area contributed by atoms with Crippen molar-refractivity contribution in [2.45, 2.75) is 32.7 Å². The van der Waals surface area contributed by atoms with E-state index in [2.05, 4.69) is 34.3 Å². The van der Waals surface area contributed by atoms with Crippen LogP contribution in [0.1, 0.15) is 35.5 Å². The summed E-state index contributed by atoms with van der Waals surface area (Å²) in [7, 11) is 0. The molecule has 0 N–H and O–H groups in total. The maximum absolute atomic E-state index is 12.9. The van der Waals surface area contributed by atoms with E-state index in [0.29, 0.717) is 0 Å².